The number of ether oxygens (including phenoxy) is 1. The summed E-state index contributed by atoms with van der Waals surface area (Å²) in [6, 6.07) is 7.49. The maximum atomic E-state index is 9.14. The van der Waals surface area contributed by atoms with Crippen LogP contribution in [-0.4, -0.2) is 35.1 Å². The molecule has 0 fully saturated rings. The Balaban J connectivity index is 2.25. The monoisotopic (exact) mass is 237 g/mol. The summed E-state index contributed by atoms with van der Waals surface area (Å²) in [5, 5.41) is 21.5. The van der Waals surface area contributed by atoms with Crippen molar-refractivity contribution < 1.29 is 14.9 Å². The molecular formula is C13H19NO3. The van der Waals surface area contributed by atoms with Crippen LogP contribution in [0.4, 0.5) is 0 Å². The van der Waals surface area contributed by atoms with E-state index < -0.39 is 0 Å². The van der Waals surface area contributed by atoms with Crippen LogP contribution >= 0.6 is 0 Å². The van der Waals surface area contributed by atoms with E-state index >= 15 is 0 Å². The average molecular weight is 237 g/mol. The first-order valence-electron chi connectivity index (χ1n) is 5.84. The van der Waals surface area contributed by atoms with E-state index in [1.165, 1.54) is 0 Å². The van der Waals surface area contributed by atoms with Crippen molar-refractivity contribution in [2.24, 2.45) is 0 Å². The van der Waals surface area contributed by atoms with Crippen LogP contribution in [0.25, 0.3) is 0 Å². The molecule has 17 heavy (non-hydrogen) atoms. The molecule has 1 atom stereocenters. The molecule has 1 aromatic rings. The second-order valence-electron chi connectivity index (χ2n) is 4.91. The summed E-state index contributed by atoms with van der Waals surface area (Å²) in [6.07, 6.45) is 0. The van der Waals surface area contributed by atoms with Crippen LogP contribution < -0.4 is 10.1 Å². The predicted octanol–water partition coefficient (Wildman–Crippen LogP) is 0.841. The van der Waals surface area contributed by atoms with E-state index in [0.29, 0.717) is 0 Å². The fourth-order valence-electron chi connectivity index (χ4n) is 2.22. The van der Waals surface area contributed by atoms with Crippen molar-refractivity contribution in [1.29, 1.82) is 0 Å². The molecule has 0 aliphatic carbocycles. The van der Waals surface area contributed by atoms with Crippen molar-refractivity contribution in [2.75, 3.05) is 13.2 Å². The van der Waals surface area contributed by atoms with E-state index in [4.69, 9.17) is 14.9 Å². The molecular weight excluding hydrogens is 218 g/mol. The molecule has 1 aliphatic heterocycles. The van der Waals surface area contributed by atoms with Gasteiger partial charge in [-0.1, -0.05) is 18.2 Å². The molecule has 1 heterocycles. The summed E-state index contributed by atoms with van der Waals surface area (Å²) in [6.45, 7) is 3.81. The molecule has 4 heteroatoms. The highest BCUT2D eigenvalue weighted by molar-refractivity contribution is 5.42. The Labute approximate surface area is 101 Å². The largest absolute Gasteiger partial charge is 0.486 e. The lowest BCUT2D eigenvalue weighted by molar-refractivity contribution is 0.0750. The van der Waals surface area contributed by atoms with Crippen molar-refractivity contribution >= 4 is 0 Å². The van der Waals surface area contributed by atoms with Gasteiger partial charge in [-0.2, -0.15) is 0 Å². The van der Waals surface area contributed by atoms with Gasteiger partial charge in [-0.15, -0.1) is 0 Å². The molecule has 0 aromatic heterocycles. The third kappa shape index (κ3) is 2.29. The van der Waals surface area contributed by atoms with E-state index in [0.717, 1.165) is 11.3 Å². The molecule has 1 aromatic carbocycles. The summed E-state index contributed by atoms with van der Waals surface area (Å²) < 4.78 is 5.87. The van der Waals surface area contributed by atoms with Gasteiger partial charge in [-0.25, -0.2) is 0 Å². The third-order valence-electron chi connectivity index (χ3n) is 3.14. The summed E-state index contributed by atoms with van der Waals surface area (Å²) in [7, 11) is 0. The first kappa shape index (κ1) is 12.4. The number of aliphatic hydroxyl groups excluding tert-OH is 2. The number of aliphatic hydroxyl groups is 2. The zero-order chi connectivity index (χ0) is 12.5. The zero-order valence-corrected chi connectivity index (χ0v) is 10.2. The highest BCUT2D eigenvalue weighted by Crippen LogP contribution is 2.42. The SMILES string of the molecule is CC1(C)Oc2ccccc2C1NC(CO)CO. The lowest BCUT2D eigenvalue weighted by Crippen LogP contribution is -2.46. The topological polar surface area (TPSA) is 61.7 Å². The molecule has 0 saturated carbocycles. The van der Waals surface area contributed by atoms with Crippen LogP contribution in [0.5, 0.6) is 5.75 Å². The average Bonchev–Trinajstić information content (AvgIpc) is 2.56. The fourth-order valence-corrected chi connectivity index (χ4v) is 2.22. The quantitative estimate of drug-likeness (QED) is 0.726. The predicted molar refractivity (Wildman–Crippen MR) is 65.0 cm³/mol. The van der Waals surface area contributed by atoms with Crippen LogP contribution in [0.2, 0.25) is 0 Å². The van der Waals surface area contributed by atoms with Gasteiger partial charge in [0.1, 0.15) is 11.4 Å². The van der Waals surface area contributed by atoms with E-state index in [9.17, 15) is 0 Å². The Morgan fingerprint density at radius 2 is 1.94 bits per heavy atom. The minimum absolute atomic E-state index is 0.0250. The lowest BCUT2D eigenvalue weighted by atomic mass is 9.94. The molecule has 94 valence electrons. The number of benzene rings is 1. The molecule has 3 N–H and O–H groups in total. The van der Waals surface area contributed by atoms with E-state index in [1.807, 2.05) is 38.1 Å². The molecule has 0 bridgehead atoms. The molecule has 0 saturated heterocycles. The molecule has 0 amide bonds. The maximum Gasteiger partial charge on any atom is 0.125 e. The van der Waals surface area contributed by atoms with Gasteiger partial charge in [0.15, 0.2) is 0 Å². The second kappa shape index (κ2) is 4.64. The Morgan fingerprint density at radius 3 is 2.59 bits per heavy atom. The standard InChI is InChI=1S/C13H19NO3/c1-13(2)12(14-9(7-15)8-16)10-5-3-4-6-11(10)17-13/h3-6,9,12,14-16H,7-8H2,1-2H3. The van der Waals surface area contributed by atoms with Crippen molar-refractivity contribution in [1.82, 2.24) is 5.32 Å². The molecule has 0 spiro atoms. The Bertz CT molecular complexity index is 388. The molecule has 1 unspecified atom stereocenters. The number of rotatable bonds is 4. The van der Waals surface area contributed by atoms with Crippen molar-refractivity contribution in [3.8, 4) is 5.75 Å². The summed E-state index contributed by atoms with van der Waals surface area (Å²) in [5.74, 6) is 0.865. The number of para-hydroxylation sites is 1. The van der Waals surface area contributed by atoms with Gasteiger partial charge in [0.2, 0.25) is 0 Å². The van der Waals surface area contributed by atoms with Crippen LogP contribution in [-0.2, 0) is 0 Å². The van der Waals surface area contributed by atoms with E-state index in [2.05, 4.69) is 5.32 Å². The van der Waals surface area contributed by atoms with Gasteiger partial charge in [0, 0.05) is 5.56 Å². The van der Waals surface area contributed by atoms with Crippen LogP contribution in [0.1, 0.15) is 25.5 Å². The van der Waals surface area contributed by atoms with Crippen molar-refractivity contribution in [3.05, 3.63) is 29.8 Å². The minimum Gasteiger partial charge on any atom is -0.486 e. The zero-order valence-electron chi connectivity index (χ0n) is 10.2. The summed E-state index contributed by atoms with van der Waals surface area (Å²) in [5.41, 5.74) is 0.691. The first-order chi connectivity index (χ1) is 8.08. The minimum atomic E-state index is -0.383. The fraction of sp³-hybridized carbons (Fsp3) is 0.538. The summed E-state index contributed by atoms with van der Waals surface area (Å²) in [4.78, 5) is 0. The molecule has 0 radical (unpaired) electrons. The summed E-state index contributed by atoms with van der Waals surface area (Å²) >= 11 is 0. The number of hydrogen-bond donors (Lipinski definition) is 3. The molecule has 1 aliphatic rings. The number of hydrogen-bond acceptors (Lipinski definition) is 4. The Kier molecular flexibility index (Phi) is 3.38. The number of fused-ring (bicyclic) bond motifs is 1. The van der Waals surface area contributed by atoms with Crippen molar-refractivity contribution in [3.63, 3.8) is 0 Å². The smallest absolute Gasteiger partial charge is 0.125 e. The van der Waals surface area contributed by atoms with E-state index in [1.54, 1.807) is 0 Å². The lowest BCUT2D eigenvalue weighted by Gasteiger charge is -2.30. The number of nitrogens with one attached hydrogen (secondary N) is 1. The van der Waals surface area contributed by atoms with Crippen LogP contribution in [0.15, 0.2) is 24.3 Å². The van der Waals surface area contributed by atoms with Crippen LogP contribution in [0, 0.1) is 0 Å². The Morgan fingerprint density at radius 1 is 1.29 bits per heavy atom. The highest BCUT2D eigenvalue weighted by Gasteiger charge is 2.41. The highest BCUT2D eigenvalue weighted by atomic mass is 16.5. The van der Waals surface area contributed by atoms with Crippen molar-refractivity contribution in [2.45, 2.75) is 31.5 Å². The normalized spacial score (nSPS) is 21.4. The second-order valence-corrected chi connectivity index (χ2v) is 4.91. The third-order valence-corrected chi connectivity index (χ3v) is 3.14. The molecule has 4 nitrogen and oxygen atoms in total. The van der Waals surface area contributed by atoms with Gasteiger partial charge < -0.3 is 14.9 Å². The maximum absolute atomic E-state index is 9.14. The van der Waals surface area contributed by atoms with Gasteiger partial charge in [0.05, 0.1) is 25.3 Å². The van der Waals surface area contributed by atoms with Gasteiger partial charge in [0.25, 0.3) is 0 Å². The van der Waals surface area contributed by atoms with Gasteiger partial charge >= 0.3 is 0 Å². The van der Waals surface area contributed by atoms with E-state index in [-0.39, 0.29) is 30.9 Å². The molecule has 2 rings (SSSR count). The van der Waals surface area contributed by atoms with Gasteiger partial charge in [-0.05, 0) is 19.9 Å². The van der Waals surface area contributed by atoms with Gasteiger partial charge in [-0.3, -0.25) is 5.32 Å². The first-order valence-corrected chi connectivity index (χ1v) is 5.84. The Hall–Kier alpha value is -1.10. The van der Waals surface area contributed by atoms with Crippen LogP contribution in [0.3, 0.4) is 0 Å².